The van der Waals surface area contributed by atoms with E-state index in [1.165, 1.54) is 5.56 Å². The standard InChI is InChI=1S/C28H29N5O2S/c1-19-7-9-22(10-8-19)33-26-24(17-29-33)27(35)32-23(18-36-28(32)30-26)16-25(34)31-13-11-21(12-14-31)15-20-5-3-2-4-6-20/h2-10,17,21,23H,11-16,18H2,1H3. The zero-order valence-electron chi connectivity index (χ0n) is 20.3. The van der Waals surface area contributed by atoms with Gasteiger partial charge >= 0.3 is 0 Å². The molecule has 2 aliphatic rings. The van der Waals surface area contributed by atoms with Crippen LogP contribution < -0.4 is 5.56 Å². The second kappa shape index (κ2) is 9.58. The number of fused-ring (bicyclic) bond motifs is 2. The molecule has 0 spiro atoms. The topological polar surface area (TPSA) is 73.0 Å². The van der Waals surface area contributed by atoms with Crippen LogP contribution in [-0.2, 0) is 11.2 Å². The van der Waals surface area contributed by atoms with Gasteiger partial charge in [0.15, 0.2) is 10.8 Å². The maximum Gasteiger partial charge on any atom is 0.265 e. The Morgan fingerprint density at radius 2 is 1.81 bits per heavy atom. The molecule has 8 heteroatoms. The van der Waals surface area contributed by atoms with E-state index in [1.54, 1.807) is 27.2 Å². The zero-order valence-corrected chi connectivity index (χ0v) is 21.2. The summed E-state index contributed by atoms with van der Waals surface area (Å²) in [6.07, 6.45) is 5.05. The van der Waals surface area contributed by atoms with Crippen molar-refractivity contribution in [2.75, 3.05) is 18.8 Å². The summed E-state index contributed by atoms with van der Waals surface area (Å²) in [5.74, 6) is 1.43. The van der Waals surface area contributed by atoms with E-state index in [2.05, 4.69) is 29.4 Å². The summed E-state index contributed by atoms with van der Waals surface area (Å²) in [4.78, 5) is 33.4. The lowest BCUT2D eigenvalue weighted by Crippen LogP contribution is -2.40. The van der Waals surface area contributed by atoms with Crippen LogP contribution in [0, 0.1) is 12.8 Å². The van der Waals surface area contributed by atoms with E-state index in [1.807, 2.05) is 42.2 Å². The maximum atomic E-state index is 13.4. The number of likely N-dealkylation sites (tertiary alicyclic amines) is 1. The van der Waals surface area contributed by atoms with Gasteiger partial charge in [-0.3, -0.25) is 14.2 Å². The number of carbonyl (C=O) groups excluding carboxylic acids is 1. The normalized spacial score (nSPS) is 18.0. The average molecular weight is 500 g/mol. The van der Waals surface area contributed by atoms with Crippen LogP contribution in [0.5, 0.6) is 0 Å². The van der Waals surface area contributed by atoms with Crippen molar-refractivity contribution in [3.8, 4) is 5.69 Å². The Hall–Kier alpha value is -3.39. The van der Waals surface area contributed by atoms with Gasteiger partial charge < -0.3 is 4.90 Å². The van der Waals surface area contributed by atoms with Gasteiger partial charge in [-0.25, -0.2) is 9.67 Å². The first-order chi connectivity index (χ1) is 17.6. The van der Waals surface area contributed by atoms with Gasteiger partial charge in [-0.1, -0.05) is 59.8 Å². The number of rotatable bonds is 5. The van der Waals surface area contributed by atoms with E-state index >= 15 is 0 Å². The molecule has 1 atom stereocenters. The van der Waals surface area contributed by atoms with Crippen molar-refractivity contribution in [3.05, 3.63) is 82.3 Å². The van der Waals surface area contributed by atoms with E-state index in [-0.39, 0.29) is 17.5 Å². The minimum absolute atomic E-state index is 0.113. The monoisotopic (exact) mass is 499 g/mol. The van der Waals surface area contributed by atoms with Crippen molar-refractivity contribution in [3.63, 3.8) is 0 Å². The highest BCUT2D eigenvalue weighted by molar-refractivity contribution is 7.99. The summed E-state index contributed by atoms with van der Waals surface area (Å²) in [5.41, 5.74) is 3.85. The van der Waals surface area contributed by atoms with Crippen LogP contribution in [-0.4, -0.2) is 49.0 Å². The van der Waals surface area contributed by atoms with E-state index in [0.29, 0.717) is 34.3 Å². The Balaban J connectivity index is 1.15. The van der Waals surface area contributed by atoms with E-state index in [4.69, 9.17) is 4.98 Å². The molecule has 2 aromatic heterocycles. The fraction of sp³-hybridized carbons (Fsp3) is 0.357. The molecule has 1 unspecified atom stereocenters. The van der Waals surface area contributed by atoms with Gasteiger partial charge in [0.25, 0.3) is 5.56 Å². The van der Waals surface area contributed by atoms with Crippen molar-refractivity contribution in [2.24, 2.45) is 5.92 Å². The van der Waals surface area contributed by atoms with E-state index < -0.39 is 0 Å². The van der Waals surface area contributed by atoms with Gasteiger partial charge in [0.1, 0.15) is 5.39 Å². The molecule has 4 aromatic rings. The Kier molecular flexibility index (Phi) is 6.13. The number of hydrogen-bond acceptors (Lipinski definition) is 5. The Morgan fingerprint density at radius 1 is 1.06 bits per heavy atom. The SMILES string of the molecule is Cc1ccc(-n2ncc3c(=O)n4c(nc32)SCC4CC(=O)N2CCC(Cc3ccccc3)CC2)cc1. The second-order valence-corrected chi connectivity index (χ2v) is 10.9. The lowest BCUT2D eigenvalue weighted by Gasteiger charge is -2.33. The molecular weight excluding hydrogens is 470 g/mol. The molecule has 184 valence electrons. The van der Waals surface area contributed by atoms with E-state index in [9.17, 15) is 9.59 Å². The molecule has 36 heavy (non-hydrogen) atoms. The van der Waals surface area contributed by atoms with Crippen molar-refractivity contribution >= 4 is 28.7 Å². The number of amides is 1. The number of carbonyl (C=O) groups is 1. The molecule has 4 heterocycles. The molecule has 0 N–H and O–H groups in total. The highest BCUT2D eigenvalue weighted by Gasteiger charge is 2.32. The number of hydrogen-bond donors (Lipinski definition) is 0. The number of piperidine rings is 1. The van der Waals surface area contributed by atoms with Crippen LogP contribution in [0.4, 0.5) is 0 Å². The van der Waals surface area contributed by atoms with Crippen molar-refractivity contribution < 1.29 is 4.79 Å². The van der Waals surface area contributed by atoms with Gasteiger partial charge in [-0.05, 0) is 49.8 Å². The smallest absolute Gasteiger partial charge is 0.265 e. The van der Waals surface area contributed by atoms with Gasteiger partial charge in [-0.15, -0.1) is 0 Å². The van der Waals surface area contributed by atoms with Crippen LogP contribution >= 0.6 is 11.8 Å². The number of benzene rings is 2. The van der Waals surface area contributed by atoms with Crippen molar-refractivity contribution in [1.29, 1.82) is 0 Å². The third kappa shape index (κ3) is 4.34. The molecule has 2 aliphatic heterocycles. The predicted molar refractivity (Wildman–Crippen MR) is 142 cm³/mol. The van der Waals surface area contributed by atoms with Crippen LogP contribution in [0.2, 0.25) is 0 Å². The molecule has 1 saturated heterocycles. The third-order valence-electron chi connectivity index (χ3n) is 7.39. The van der Waals surface area contributed by atoms with Crippen LogP contribution in [0.1, 0.15) is 36.4 Å². The molecule has 1 amide bonds. The largest absolute Gasteiger partial charge is 0.343 e. The molecule has 6 rings (SSSR count). The van der Waals surface area contributed by atoms with Crippen LogP contribution in [0.15, 0.2) is 70.7 Å². The Labute approximate surface area is 214 Å². The van der Waals surface area contributed by atoms with Crippen molar-refractivity contribution in [2.45, 2.75) is 43.8 Å². The molecular formula is C28H29N5O2S. The molecule has 1 fully saturated rings. The number of thioether (sulfide) groups is 1. The first-order valence-corrected chi connectivity index (χ1v) is 13.6. The van der Waals surface area contributed by atoms with Crippen molar-refractivity contribution in [1.82, 2.24) is 24.2 Å². The quantitative estimate of drug-likeness (QED) is 0.381. The van der Waals surface area contributed by atoms with E-state index in [0.717, 1.165) is 43.6 Å². The number of nitrogens with zero attached hydrogens (tertiary/aromatic N) is 5. The van der Waals surface area contributed by atoms with Crippen LogP contribution in [0.3, 0.4) is 0 Å². The average Bonchev–Trinajstić information content (AvgIpc) is 3.51. The molecule has 7 nitrogen and oxygen atoms in total. The molecule has 0 bridgehead atoms. The van der Waals surface area contributed by atoms with Gasteiger partial charge in [0.2, 0.25) is 5.91 Å². The number of aryl methyl sites for hydroxylation is 1. The summed E-state index contributed by atoms with van der Waals surface area (Å²) in [6.45, 7) is 3.62. The Bertz CT molecular complexity index is 1450. The molecule has 0 saturated carbocycles. The van der Waals surface area contributed by atoms with Gasteiger partial charge in [-0.2, -0.15) is 5.10 Å². The maximum absolute atomic E-state index is 13.4. The molecule has 2 aromatic carbocycles. The lowest BCUT2D eigenvalue weighted by atomic mass is 9.90. The summed E-state index contributed by atoms with van der Waals surface area (Å²) >= 11 is 1.54. The fourth-order valence-electron chi connectivity index (χ4n) is 5.32. The minimum atomic E-state index is -0.174. The minimum Gasteiger partial charge on any atom is -0.343 e. The highest BCUT2D eigenvalue weighted by Crippen LogP contribution is 2.34. The highest BCUT2D eigenvalue weighted by atomic mass is 32.2. The van der Waals surface area contributed by atoms with Crippen LogP contribution in [0.25, 0.3) is 16.7 Å². The zero-order chi connectivity index (χ0) is 24.6. The predicted octanol–water partition coefficient (Wildman–Crippen LogP) is 4.41. The third-order valence-corrected chi connectivity index (χ3v) is 8.49. The second-order valence-electron chi connectivity index (χ2n) is 9.88. The van der Waals surface area contributed by atoms with Gasteiger partial charge in [0.05, 0.1) is 17.9 Å². The number of aromatic nitrogens is 4. The summed E-state index contributed by atoms with van der Waals surface area (Å²) in [6, 6.07) is 18.4. The molecule has 0 aliphatic carbocycles. The summed E-state index contributed by atoms with van der Waals surface area (Å²) in [7, 11) is 0. The molecule has 0 radical (unpaired) electrons. The Morgan fingerprint density at radius 3 is 2.56 bits per heavy atom. The lowest BCUT2D eigenvalue weighted by molar-refractivity contribution is -0.133. The summed E-state index contributed by atoms with van der Waals surface area (Å²) < 4.78 is 3.43. The van der Waals surface area contributed by atoms with Gasteiger partial charge in [0, 0.05) is 25.3 Å². The first kappa shape index (κ1) is 23.0. The summed E-state index contributed by atoms with van der Waals surface area (Å²) in [5, 5.41) is 5.60. The first-order valence-electron chi connectivity index (χ1n) is 12.6. The fourth-order valence-corrected chi connectivity index (χ4v) is 6.45.